The van der Waals surface area contributed by atoms with Gasteiger partial charge in [-0.05, 0) is 31.2 Å². The predicted molar refractivity (Wildman–Crippen MR) is 101 cm³/mol. The molecule has 0 saturated carbocycles. The Balaban J connectivity index is 1.35. The number of rotatable bonds is 7. The van der Waals surface area contributed by atoms with E-state index in [1.807, 2.05) is 36.4 Å². The van der Waals surface area contributed by atoms with Crippen molar-refractivity contribution in [3.63, 3.8) is 0 Å². The lowest BCUT2D eigenvalue weighted by molar-refractivity contribution is 0.181. The Labute approximate surface area is 164 Å². The normalized spacial score (nSPS) is 12.1. The van der Waals surface area contributed by atoms with E-state index in [0.29, 0.717) is 28.4 Å². The summed E-state index contributed by atoms with van der Waals surface area (Å²) in [6.45, 7) is 1.79. The van der Waals surface area contributed by atoms with Crippen molar-refractivity contribution in [1.82, 2.24) is 15.4 Å². The fourth-order valence-corrected chi connectivity index (χ4v) is 3.11. The molecule has 0 fully saturated rings. The van der Waals surface area contributed by atoms with Crippen LogP contribution in [-0.4, -0.2) is 15.4 Å². The minimum absolute atomic E-state index is 0.320. The highest BCUT2D eigenvalue weighted by molar-refractivity contribution is 7.98. The zero-order valence-corrected chi connectivity index (χ0v) is 15.7. The first-order valence-corrected chi connectivity index (χ1v) is 9.55. The topological polar surface area (TPSA) is 74.2 Å². The molecule has 0 aliphatic heterocycles. The fourth-order valence-electron chi connectivity index (χ4n) is 2.46. The van der Waals surface area contributed by atoms with Crippen LogP contribution < -0.4 is 4.74 Å². The third-order valence-electron chi connectivity index (χ3n) is 3.86. The maximum absolute atomic E-state index is 13.0. The van der Waals surface area contributed by atoms with Crippen LogP contribution in [-0.2, 0) is 5.75 Å². The number of benzene rings is 2. The lowest BCUT2D eigenvalue weighted by Gasteiger charge is -2.10. The van der Waals surface area contributed by atoms with Gasteiger partial charge in [-0.15, -0.1) is 10.2 Å². The highest BCUT2D eigenvalue weighted by Gasteiger charge is 2.17. The van der Waals surface area contributed by atoms with Crippen molar-refractivity contribution in [1.29, 1.82) is 0 Å². The van der Waals surface area contributed by atoms with E-state index in [4.69, 9.17) is 13.7 Å². The molecule has 0 saturated heterocycles. The van der Waals surface area contributed by atoms with Crippen molar-refractivity contribution >= 4 is 11.8 Å². The molecule has 142 valence electrons. The van der Waals surface area contributed by atoms with E-state index < -0.39 is 6.10 Å². The number of ether oxygens (including phenoxy) is 1. The van der Waals surface area contributed by atoms with Crippen molar-refractivity contribution in [3.8, 4) is 17.1 Å². The van der Waals surface area contributed by atoms with E-state index in [-0.39, 0.29) is 5.82 Å². The van der Waals surface area contributed by atoms with Crippen molar-refractivity contribution in [2.24, 2.45) is 0 Å². The van der Waals surface area contributed by atoms with Gasteiger partial charge in [-0.2, -0.15) is 0 Å². The summed E-state index contributed by atoms with van der Waals surface area (Å²) < 4.78 is 29.7. The van der Waals surface area contributed by atoms with Crippen molar-refractivity contribution in [3.05, 3.63) is 78.1 Å². The summed E-state index contributed by atoms with van der Waals surface area (Å²) in [5.41, 5.74) is 1.75. The SMILES string of the molecule is C[C@@H](Oc1ccc(F)cc1)c1nnc(SCc2cc(-c3ccccc3)on2)o1. The number of aromatic nitrogens is 3. The van der Waals surface area contributed by atoms with E-state index in [0.717, 1.165) is 11.3 Å². The minimum atomic E-state index is -0.455. The molecule has 0 unspecified atom stereocenters. The molecule has 8 heteroatoms. The second kappa shape index (κ2) is 8.26. The van der Waals surface area contributed by atoms with Gasteiger partial charge >= 0.3 is 0 Å². The Hall–Kier alpha value is -3.13. The van der Waals surface area contributed by atoms with Gasteiger partial charge in [0.2, 0.25) is 0 Å². The second-order valence-electron chi connectivity index (χ2n) is 5.96. The number of halogens is 1. The average Bonchev–Trinajstić information content (AvgIpc) is 3.38. The van der Waals surface area contributed by atoms with Gasteiger partial charge in [0.05, 0.1) is 5.69 Å². The van der Waals surface area contributed by atoms with Crippen molar-refractivity contribution in [2.75, 3.05) is 0 Å². The quantitative estimate of drug-likeness (QED) is 0.392. The van der Waals surface area contributed by atoms with Crippen LogP contribution in [0.4, 0.5) is 4.39 Å². The standard InChI is InChI=1S/C20H16FN3O3S/c1-13(25-17-9-7-15(21)8-10-17)19-22-23-20(26-19)28-12-16-11-18(27-24-16)14-5-3-2-4-6-14/h2-11,13H,12H2,1H3/t13-/m1/s1. The van der Waals surface area contributed by atoms with Crippen molar-refractivity contribution < 1.29 is 18.1 Å². The Bertz CT molecular complexity index is 1030. The third kappa shape index (κ3) is 4.40. The fraction of sp³-hybridized carbons (Fsp3) is 0.150. The molecule has 0 N–H and O–H groups in total. The van der Waals surface area contributed by atoms with Crippen molar-refractivity contribution in [2.45, 2.75) is 24.0 Å². The molecule has 0 aliphatic carbocycles. The van der Waals surface area contributed by atoms with Gasteiger partial charge in [-0.1, -0.05) is 47.3 Å². The molecule has 6 nitrogen and oxygen atoms in total. The molecule has 4 rings (SSSR count). The maximum atomic E-state index is 13.0. The van der Waals surface area contributed by atoms with Gasteiger partial charge in [0.1, 0.15) is 11.6 Å². The molecule has 4 aromatic rings. The number of nitrogens with zero attached hydrogens (tertiary/aromatic N) is 3. The molecule has 0 bridgehead atoms. The van der Waals surface area contributed by atoms with Crippen LogP contribution in [0.5, 0.6) is 5.75 Å². The summed E-state index contributed by atoms with van der Waals surface area (Å²) in [5.74, 6) is 1.79. The van der Waals surface area contributed by atoms with E-state index in [9.17, 15) is 4.39 Å². The Morgan fingerprint density at radius 1 is 1.07 bits per heavy atom. The highest BCUT2D eigenvalue weighted by Crippen LogP contribution is 2.27. The summed E-state index contributed by atoms with van der Waals surface area (Å²) in [6, 6.07) is 17.4. The summed E-state index contributed by atoms with van der Waals surface area (Å²) >= 11 is 1.36. The molecule has 0 radical (unpaired) electrons. The van der Waals surface area contributed by atoms with Crippen LogP contribution in [0.2, 0.25) is 0 Å². The molecule has 28 heavy (non-hydrogen) atoms. The monoisotopic (exact) mass is 397 g/mol. The number of hydrogen-bond acceptors (Lipinski definition) is 7. The number of thioether (sulfide) groups is 1. The first-order chi connectivity index (χ1) is 13.7. The smallest absolute Gasteiger partial charge is 0.277 e. The van der Waals surface area contributed by atoms with E-state index in [1.165, 1.54) is 23.9 Å². The van der Waals surface area contributed by atoms with Gasteiger partial charge in [-0.3, -0.25) is 0 Å². The minimum Gasteiger partial charge on any atom is -0.481 e. The molecule has 2 aromatic carbocycles. The molecule has 2 aromatic heterocycles. The van der Waals surface area contributed by atoms with Gasteiger partial charge < -0.3 is 13.7 Å². The largest absolute Gasteiger partial charge is 0.481 e. The van der Waals surface area contributed by atoms with Crippen LogP contribution in [0, 0.1) is 5.82 Å². The summed E-state index contributed by atoms with van der Waals surface area (Å²) in [6.07, 6.45) is -0.455. The molecule has 0 amide bonds. The zero-order valence-electron chi connectivity index (χ0n) is 14.9. The van der Waals surface area contributed by atoms with Gasteiger partial charge in [0.25, 0.3) is 11.1 Å². The molecule has 0 spiro atoms. The van der Waals surface area contributed by atoms with Gasteiger partial charge in [0, 0.05) is 17.4 Å². The van der Waals surface area contributed by atoms with Crippen LogP contribution in [0.1, 0.15) is 24.6 Å². The van der Waals surface area contributed by atoms with E-state index in [1.54, 1.807) is 19.1 Å². The molecular weight excluding hydrogens is 381 g/mol. The molecule has 0 aliphatic rings. The Morgan fingerprint density at radius 2 is 1.86 bits per heavy atom. The van der Waals surface area contributed by atoms with Crippen LogP contribution >= 0.6 is 11.8 Å². The zero-order chi connectivity index (χ0) is 19.3. The Kier molecular flexibility index (Phi) is 5.38. The highest BCUT2D eigenvalue weighted by atomic mass is 32.2. The molecule has 2 heterocycles. The van der Waals surface area contributed by atoms with E-state index >= 15 is 0 Å². The molecular formula is C20H16FN3O3S. The lowest BCUT2D eigenvalue weighted by Crippen LogP contribution is -2.03. The lowest BCUT2D eigenvalue weighted by atomic mass is 10.2. The number of hydrogen-bond donors (Lipinski definition) is 0. The second-order valence-corrected chi connectivity index (χ2v) is 6.88. The van der Waals surface area contributed by atoms with E-state index in [2.05, 4.69) is 15.4 Å². The van der Waals surface area contributed by atoms with Gasteiger partial charge in [0.15, 0.2) is 11.9 Å². The molecule has 1 atom stereocenters. The summed E-state index contributed by atoms with van der Waals surface area (Å²) in [4.78, 5) is 0. The predicted octanol–water partition coefficient (Wildman–Crippen LogP) is 5.30. The summed E-state index contributed by atoms with van der Waals surface area (Å²) in [7, 11) is 0. The average molecular weight is 397 g/mol. The first kappa shape index (κ1) is 18.2. The van der Waals surface area contributed by atoms with Crippen LogP contribution in [0.25, 0.3) is 11.3 Å². The Morgan fingerprint density at radius 3 is 2.64 bits per heavy atom. The van der Waals surface area contributed by atoms with Crippen LogP contribution in [0.3, 0.4) is 0 Å². The first-order valence-electron chi connectivity index (χ1n) is 8.57. The van der Waals surface area contributed by atoms with Gasteiger partial charge in [-0.25, -0.2) is 4.39 Å². The third-order valence-corrected chi connectivity index (χ3v) is 4.71. The summed E-state index contributed by atoms with van der Waals surface area (Å²) in [5, 5.41) is 12.5. The maximum Gasteiger partial charge on any atom is 0.277 e. The van der Waals surface area contributed by atoms with Crippen LogP contribution in [0.15, 0.2) is 74.8 Å².